The van der Waals surface area contributed by atoms with Crippen molar-refractivity contribution in [3.05, 3.63) is 125 Å². The lowest BCUT2D eigenvalue weighted by Gasteiger charge is -2.24. The number of ether oxygens (including phenoxy) is 3. The minimum Gasteiger partial charge on any atom is -0.488 e. The molecule has 4 aromatic rings. The first-order chi connectivity index (χ1) is 23.5. The fraction of sp³-hybridized carbons (Fsp3) is 0.341. The predicted octanol–water partition coefficient (Wildman–Crippen LogP) is 7.59. The van der Waals surface area contributed by atoms with Crippen LogP contribution >= 0.6 is 0 Å². The highest BCUT2D eigenvalue weighted by molar-refractivity contribution is 5.90. The van der Waals surface area contributed by atoms with Gasteiger partial charge >= 0.3 is 12.1 Å². The van der Waals surface area contributed by atoms with Crippen LogP contribution in [-0.4, -0.2) is 42.3 Å². The fourth-order valence-electron chi connectivity index (χ4n) is 6.06. The summed E-state index contributed by atoms with van der Waals surface area (Å²) in [4.78, 5) is 40.5. The van der Waals surface area contributed by atoms with Gasteiger partial charge in [-0.25, -0.2) is 9.59 Å². The van der Waals surface area contributed by atoms with Crippen LogP contribution in [0, 0.1) is 5.92 Å². The molecule has 2 atom stereocenters. The van der Waals surface area contributed by atoms with Gasteiger partial charge in [-0.3, -0.25) is 4.79 Å². The maximum Gasteiger partial charge on any atom is 0.407 e. The molecular formula is C41H46N2O6. The Morgan fingerprint density at radius 1 is 0.694 bits per heavy atom. The van der Waals surface area contributed by atoms with E-state index in [2.05, 4.69) is 34.9 Å². The van der Waals surface area contributed by atoms with E-state index in [1.807, 2.05) is 113 Å². The zero-order chi connectivity index (χ0) is 35.0. The molecule has 8 heteroatoms. The Hall–Kier alpha value is -5.11. The molecular weight excluding hydrogens is 616 g/mol. The van der Waals surface area contributed by atoms with Crippen LogP contribution in [0.1, 0.15) is 69.2 Å². The first-order valence-electron chi connectivity index (χ1n) is 16.9. The van der Waals surface area contributed by atoms with Gasteiger partial charge in [-0.1, -0.05) is 105 Å². The number of alkyl carbamates (subject to hydrolysis) is 1. The van der Waals surface area contributed by atoms with Gasteiger partial charge in [0.25, 0.3) is 0 Å². The van der Waals surface area contributed by atoms with Gasteiger partial charge in [0, 0.05) is 12.3 Å². The van der Waals surface area contributed by atoms with E-state index < -0.39 is 30.1 Å². The summed E-state index contributed by atoms with van der Waals surface area (Å²) in [5.41, 5.74) is 5.71. The monoisotopic (exact) mass is 662 g/mol. The van der Waals surface area contributed by atoms with Crippen LogP contribution < -0.4 is 15.4 Å². The number of esters is 1. The van der Waals surface area contributed by atoms with E-state index in [9.17, 15) is 14.4 Å². The second-order valence-corrected chi connectivity index (χ2v) is 13.9. The van der Waals surface area contributed by atoms with Gasteiger partial charge in [0.2, 0.25) is 5.91 Å². The van der Waals surface area contributed by atoms with Crippen LogP contribution in [-0.2, 0) is 32.1 Å². The van der Waals surface area contributed by atoms with Crippen molar-refractivity contribution in [2.75, 3.05) is 6.61 Å². The van der Waals surface area contributed by atoms with Gasteiger partial charge in [-0.15, -0.1) is 0 Å². The minimum atomic E-state index is -1.03. The van der Waals surface area contributed by atoms with Crippen LogP contribution in [0.15, 0.2) is 103 Å². The standard InChI is InChI=1S/C41H46N2O6/c1-27(2)23-37(39(45)47-25-29-13-7-6-8-14-29)42-38(44)36(24-28-19-21-30(22-20-28)49-41(3,4)5)43-40(46)48-26-35-33-17-11-9-15-31(33)32-16-10-12-18-34(32)35/h6-22,27,35-37H,23-26H2,1-5H3,(H,42,44)(H,43,46)/t36-,37-/m0/s1. The van der Waals surface area contributed by atoms with E-state index in [1.54, 1.807) is 0 Å². The molecule has 0 aliphatic heterocycles. The Bertz CT molecular complexity index is 1680. The van der Waals surface area contributed by atoms with E-state index in [0.717, 1.165) is 33.4 Å². The van der Waals surface area contributed by atoms with Crippen LogP contribution in [0.2, 0.25) is 0 Å². The van der Waals surface area contributed by atoms with Gasteiger partial charge in [-0.05, 0) is 78.6 Å². The molecule has 2 amide bonds. The molecule has 8 nitrogen and oxygen atoms in total. The average Bonchev–Trinajstić information content (AvgIpc) is 3.39. The fourth-order valence-corrected chi connectivity index (χ4v) is 6.06. The lowest BCUT2D eigenvalue weighted by atomic mass is 9.98. The number of hydrogen-bond donors (Lipinski definition) is 2. The molecule has 4 aromatic carbocycles. The molecule has 0 heterocycles. The molecule has 2 N–H and O–H groups in total. The zero-order valence-electron chi connectivity index (χ0n) is 28.9. The van der Waals surface area contributed by atoms with Gasteiger partial charge in [0.1, 0.15) is 36.6 Å². The number of benzene rings is 4. The van der Waals surface area contributed by atoms with Gasteiger partial charge in [0.05, 0.1) is 0 Å². The van der Waals surface area contributed by atoms with Crippen LogP contribution in [0.25, 0.3) is 11.1 Å². The molecule has 0 fully saturated rings. The Morgan fingerprint density at radius 2 is 1.29 bits per heavy atom. The Labute approximate surface area is 289 Å². The maximum atomic E-state index is 13.9. The second-order valence-electron chi connectivity index (χ2n) is 13.9. The SMILES string of the molecule is CC(C)C[C@H](NC(=O)[C@H](Cc1ccc(OC(C)(C)C)cc1)NC(=O)OCC1c2ccccc2-c2ccccc21)C(=O)OCc1ccccc1. The van der Waals surface area contributed by atoms with Gasteiger partial charge < -0.3 is 24.8 Å². The van der Waals surface area contributed by atoms with Gasteiger partial charge in [0.15, 0.2) is 0 Å². The highest BCUT2D eigenvalue weighted by atomic mass is 16.5. The molecule has 0 aromatic heterocycles. The average molecular weight is 663 g/mol. The van der Waals surface area contributed by atoms with Crippen LogP contribution in [0.3, 0.4) is 0 Å². The number of fused-ring (bicyclic) bond motifs is 3. The van der Waals surface area contributed by atoms with E-state index in [4.69, 9.17) is 14.2 Å². The summed E-state index contributed by atoms with van der Waals surface area (Å²) in [6.07, 6.45) is -0.184. The van der Waals surface area contributed by atoms with E-state index >= 15 is 0 Å². The second kappa shape index (κ2) is 15.9. The molecule has 5 rings (SSSR count). The number of hydrogen-bond acceptors (Lipinski definition) is 6. The largest absolute Gasteiger partial charge is 0.488 e. The Kier molecular flexibility index (Phi) is 11.4. The highest BCUT2D eigenvalue weighted by Gasteiger charge is 2.31. The molecule has 0 bridgehead atoms. The summed E-state index contributed by atoms with van der Waals surface area (Å²) in [5, 5.41) is 5.66. The third-order valence-corrected chi connectivity index (χ3v) is 8.27. The third-order valence-electron chi connectivity index (χ3n) is 8.27. The lowest BCUT2D eigenvalue weighted by Crippen LogP contribution is -2.53. The summed E-state index contributed by atoms with van der Waals surface area (Å²) < 4.78 is 17.3. The van der Waals surface area contributed by atoms with Crippen molar-refractivity contribution in [3.8, 4) is 16.9 Å². The predicted molar refractivity (Wildman–Crippen MR) is 190 cm³/mol. The molecule has 0 saturated carbocycles. The number of nitrogens with one attached hydrogen (secondary N) is 2. The smallest absolute Gasteiger partial charge is 0.407 e. The number of carbonyl (C=O) groups is 3. The molecule has 0 saturated heterocycles. The molecule has 256 valence electrons. The van der Waals surface area contributed by atoms with Gasteiger partial charge in [-0.2, -0.15) is 0 Å². The van der Waals surface area contributed by atoms with Crippen molar-refractivity contribution in [2.45, 2.75) is 77.7 Å². The molecule has 1 aliphatic rings. The molecule has 49 heavy (non-hydrogen) atoms. The quantitative estimate of drug-likeness (QED) is 0.143. The summed E-state index contributed by atoms with van der Waals surface area (Å²) in [6.45, 7) is 10.0. The third kappa shape index (κ3) is 9.72. The van der Waals surface area contributed by atoms with Crippen LogP contribution in [0.5, 0.6) is 5.75 Å². The first-order valence-corrected chi connectivity index (χ1v) is 16.9. The number of amides is 2. The highest BCUT2D eigenvalue weighted by Crippen LogP contribution is 2.44. The normalized spacial score (nSPS) is 13.5. The zero-order valence-corrected chi connectivity index (χ0v) is 28.9. The maximum absolute atomic E-state index is 13.9. The van der Waals surface area contributed by atoms with Crippen molar-refractivity contribution < 1.29 is 28.6 Å². The minimum absolute atomic E-state index is 0.0918. The lowest BCUT2D eigenvalue weighted by molar-refractivity contribution is -0.149. The van der Waals surface area contributed by atoms with Crippen molar-refractivity contribution in [1.82, 2.24) is 10.6 Å². The summed E-state index contributed by atoms with van der Waals surface area (Å²) in [7, 11) is 0. The van der Waals surface area contributed by atoms with E-state index in [1.165, 1.54) is 0 Å². The summed E-state index contributed by atoms with van der Waals surface area (Å²) >= 11 is 0. The molecule has 0 radical (unpaired) electrons. The van der Waals surface area contributed by atoms with Crippen molar-refractivity contribution in [1.29, 1.82) is 0 Å². The molecule has 1 aliphatic carbocycles. The van der Waals surface area contributed by atoms with Crippen molar-refractivity contribution in [3.63, 3.8) is 0 Å². The van der Waals surface area contributed by atoms with E-state index in [-0.39, 0.29) is 37.1 Å². The molecule has 0 spiro atoms. The number of carbonyl (C=O) groups excluding carboxylic acids is 3. The summed E-state index contributed by atoms with van der Waals surface area (Å²) in [5.74, 6) is -0.380. The Balaban J connectivity index is 1.30. The van der Waals surface area contributed by atoms with E-state index in [0.29, 0.717) is 12.2 Å². The molecule has 0 unspecified atom stereocenters. The van der Waals surface area contributed by atoms with Crippen LogP contribution in [0.4, 0.5) is 4.79 Å². The Morgan fingerprint density at radius 3 is 1.88 bits per heavy atom. The summed E-state index contributed by atoms with van der Waals surface area (Å²) in [6, 6.07) is 31.1. The number of rotatable bonds is 13. The van der Waals surface area contributed by atoms with Crippen molar-refractivity contribution >= 4 is 18.0 Å². The topological polar surface area (TPSA) is 103 Å². The first kappa shape index (κ1) is 35.2. The van der Waals surface area contributed by atoms with Crippen molar-refractivity contribution in [2.24, 2.45) is 5.92 Å².